The van der Waals surface area contributed by atoms with Crippen LogP contribution in [0.1, 0.15) is 53.9 Å². The third-order valence-electron chi connectivity index (χ3n) is 6.80. The van der Waals surface area contributed by atoms with Crippen LogP contribution in [0, 0.1) is 29.5 Å². The topological polar surface area (TPSA) is 65.2 Å². The quantitative estimate of drug-likeness (QED) is 0.856. The molecule has 0 atom stereocenters. The largest absolute Gasteiger partial charge is 0.436 e. The molecule has 4 saturated carbocycles. The summed E-state index contributed by atoms with van der Waals surface area (Å²) in [6.07, 6.45) is 8.23. The Hall–Kier alpha value is -2.43. The summed E-state index contributed by atoms with van der Waals surface area (Å²) in [6.45, 7) is 0. The van der Waals surface area contributed by atoms with Gasteiger partial charge in [0.15, 0.2) is 5.82 Å². The molecule has 2 N–H and O–H groups in total. The van der Waals surface area contributed by atoms with Gasteiger partial charge in [-0.1, -0.05) is 12.1 Å². The van der Waals surface area contributed by atoms with E-state index in [0.29, 0.717) is 11.7 Å². The van der Waals surface area contributed by atoms with Crippen molar-refractivity contribution >= 4 is 5.91 Å². The number of rotatable bonds is 4. The number of amides is 1. The molecule has 4 nitrogen and oxygen atoms in total. The summed E-state index contributed by atoms with van der Waals surface area (Å²) in [5.74, 6) is 3.22. The lowest BCUT2D eigenvalue weighted by atomic mass is 9.51. The average Bonchev–Trinajstić information content (AvgIpc) is 2.63. The first kappa shape index (κ1) is 16.7. The van der Waals surface area contributed by atoms with Crippen LogP contribution in [0.25, 0.3) is 0 Å². The molecular weight excluding hydrogens is 343 g/mol. The molecule has 4 bridgehead atoms. The van der Waals surface area contributed by atoms with E-state index in [1.165, 1.54) is 43.9 Å². The number of pyridine rings is 1. The molecule has 0 unspecified atom stereocenters. The number of hydrogen-bond acceptors (Lipinski definition) is 3. The molecule has 140 valence electrons. The van der Waals surface area contributed by atoms with Gasteiger partial charge in [-0.05, 0) is 85.5 Å². The molecular formula is C22H23FN2O2. The predicted molar refractivity (Wildman–Crippen MR) is 99.0 cm³/mol. The van der Waals surface area contributed by atoms with Crippen LogP contribution in [0.4, 0.5) is 4.39 Å². The number of ether oxygens (including phenoxy) is 1. The summed E-state index contributed by atoms with van der Waals surface area (Å²) in [7, 11) is 0. The molecule has 0 saturated heterocycles. The van der Waals surface area contributed by atoms with E-state index in [2.05, 4.69) is 17.1 Å². The minimum Gasteiger partial charge on any atom is -0.436 e. The fraction of sp³-hybridized carbons (Fsp3) is 0.455. The number of nitrogens with two attached hydrogens (primary N) is 1. The van der Waals surface area contributed by atoms with Gasteiger partial charge in [0.05, 0.1) is 5.56 Å². The first-order valence-electron chi connectivity index (χ1n) is 9.80. The second kappa shape index (κ2) is 6.32. The Morgan fingerprint density at radius 3 is 2.22 bits per heavy atom. The van der Waals surface area contributed by atoms with Crippen molar-refractivity contribution in [2.45, 2.75) is 38.0 Å². The molecule has 1 aromatic carbocycles. The van der Waals surface area contributed by atoms with Gasteiger partial charge in [0, 0.05) is 6.20 Å². The Morgan fingerprint density at radius 1 is 1.04 bits per heavy atom. The highest BCUT2D eigenvalue weighted by Crippen LogP contribution is 2.59. The van der Waals surface area contributed by atoms with Gasteiger partial charge in [-0.2, -0.15) is 0 Å². The first-order chi connectivity index (χ1) is 13.1. The maximum atomic E-state index is 14.1. The van der Waals surface area contributed by atoms with E-state index in [1.807, 2.05) is 12.1 Å². The van der Waals surface area contributed by atoms with Gasteiger partial charge in [0.2, 0.25) is 5.91 Å². The SMILES string of the molecule is NC(=O)c1cnc(Oc2ccc(C3C4CC5CC(C4)CC3C5)cc2)c(F)c1. The van der Waals surface area contributed by atoms with E-state index in [1.54, 1.807) is 0 Å². The van der Waals surface area contributed by atoms with Crippen molar-refractivity contribution in [1.82, 2.24) is 4.98 Å². The summed E-state index contributed by atoms with van der Waals surface area (Å²) in [6, 6.07) is 9.08. The summed E-state index contributed by atoms with van der Waals surface area (Å²) in [5, 5.41) is 0. The zero-order valence-electron chi connectivity index (χ0n) is 15.1. The summed E-state index contributed by atoms with van der Waals surface area (Å²) in [5.41, 5.74) is 6.54. The highest BCUT2D eigenvalue weighted by atomic mass is 19.1. The maximum absolute atomic E-state index is 14.1. The highest BCUT2D eigenvalue weighted by molar-refractivity contribution is 5.92. The lowest BCUT2D eigenvalue weighted by Crippen LogP contribution is -2.43. The molecule has 6 rings (SSSR count). The number of halogens is 1. The fourth-order valence-electron chi connectivity index (χ4n) is 5.97. The van der Waals surface area contributed by atoms with Crippen molar-refractivity contribution in [3.63, 3.8) is 0 Å². The average molecular weight is 366 g/mol. The van der Waals surface area contributed by atoms with Crippen LogP contribution in [0.3, 0.4) is 0 Å². The standard InChI is InChI=1S/C22H23FN2O2/c23-19-10-17(21(24)26)11-25-22(19)27-18-3-1-14(2-4-18)20-15-6-12-5-13(8-15)9-16(20)7-12/h1-4,10-13,15-16,20H,5-9H2,(H2,24,26). The Labute approximate surface area is 157 Å². The van der Waals surface area contributed by atoms with Gasteiger partial charge >= 0.3 is 0 Å². The second-order valence-corrected chi connectivity index (χ2v) is 8.50. The van der Waals surface area contributed by atoms with Crippen LogP contribution < -0.4 is 10.5 Å². The van der Waals surface area contributed by atoms with Gasteiger partial charge in [-0.15, -0.1) is 0 Å². The van der Waals surface area contributed by atoms with Crippen LogP contribution >= 0.6 is 0 Å². The van der Waals surface area contributed by atoms with Gasteiger partial charge in [-0.25, -0.2) is 9.37 Å². The minimum absolute atomic E-state index is 0.0251. The molecule has 4 fully saturated rings. The van der Waals surface area contributed by atoms with Crippen molar-refractivity contribution in [2.75, 3.05) is 0 Å². The van der Waals surface area contributed by atoms with E-state index >= 15 is 0 Å². The maximum Gasteiger partial charge on any atom is 0.255 e. The van der Waals surface area contributed by atoms with Crippen molar-refractivity contribution in [2.24, 2.45) is 29.4 Å². The van der Waals surface area contributed by atoms with Crippen LogP contribution in [-0.4, -0.2) is 10.9 Å². The molecule has 1 amide bonds. The lowest BCUT2D eigenvalue weighted by molar-refractivity contribution is -0.00279. The van der Waals surface area contributed by atoms with Gasteiger partial charge < -0.3 is 10.5 Å². The summed E-state index contributed by atoms with van der Waals surface area (Å²) < 4.78 is 19.6. The third kappa shape index (κ3) is 2.99. The van der Waals surface area contributed by atoms with Crippen LogP contribution in [-0.2, 0) is 0 Å². The van der Waals surface area contributed by atoms with E-state index < -0.39 is 11.7 Å². The van der Waals surface area contributed by atoms with Crippen LogP contribution in [0.15, 0.2) is 36.5 Å². The molecule has 0 spiro atoms. The minimum atomic E-state index is -0.715. The predicted octanol–water partition coefficient (Wildman–Crippen LogP) is 4.65. The zero-order valence-corrected chi connectivity index (χ0v) is 15.1. The first-order valence-corrected chi connectivity index (χ1v) is 9.80. The van der Waals surface area contributed by atoms with Crippen molar-refractivity contribution in [3.05, 3.63) is 53.5 Å². The van der Waals surface area contributed by atoms with E-state index in [-0.39, 0.29) is 11.4 Å². The van der Waals surface area contributed by atoms with Gasteiger partial charge in [-0.3, -0.25) is 4.79 Å². The van der Waals surface area contributed by atoms with Crippen molar-refractivity contribution in [1.29, 1.82) is 0 Å². The molecule has 4 aliphatic rings. The van der Waals surface area contributed by atoms with E-state index in [4.69, 9.17) is 10.5 Å². The smallest absolute Gasteiger partial charge is 0.255 e. The molecule has 27 heavy (non-hydrogen) atoms. The third-order valence-corrected chi connectivity index (χ3v) is 6.80. The molecule has 5 heteroatoms. The molecule has 0 radical (unpaired) electrons. The number of benzene rings is 1. The highest BCUT2D eigenvalue weighted by Gasteiger charge is 2.48. The Morgan fingerprint density at radius 2 is 1.67 bits per heavy atom. The molecule has 1 aromatic heterocycles. The zero-order chi connectivity index (χ0) is 18.5. The van der Waals surface area contributed by atoms with Gasteiger partial charge in [0.25, 0.3) is 5.88 Å². The molecule has 1 heterocycles. The number of nitrogens with zero attached hydrogens (tertiary/aromatic N) is 1. The Kier molecular flexibility index (Phi) is 3.92. The Bertz CT molecular complexity index is 852. The number of hydrogen-bond donors (Lipinski definition) is 1. The summed E-state index contributed by atoms with van der Waals surface area (Å²) >= 11 is 0. The van der Waals surface area contributed by atoms with Crippen LogP contribution in [0.2, 0.25) is 0 Å². The number of carbonyl (C=O) groups excluding carboxylic acids is 1. The second-order valence-electron chi connectivity index (χ2n) is 8.50. The van der Waals surface area contributed by atoms with Gasteiger partial charge in [0.1, 0.15) is 5.75 Å². The summed E-state index contributed by atoms with van der Waals surface area (Å²) in [4.78, 5) is 15.0. The van der Waals surface area contributed by atoms with Crippen molar-refractivity contribution in [3.8, 4) is 11.6 Å². The van der Waals surface area contributed by atoms with E-state index in [0.717, 1.165) is 29.7 Å². The fourth-order valence-corrected chi connectivity index (χ4v) is 5.97. The number of carbonyl (C=O) groups is 1. The van der Waals surface area contributed by atoms with Crippen molar-refractivity contribution < 1.29 is 13.9 Å². The normalized spacial score (nSPS) is 31.1. The van der Waals surface area contributed by atoms with Crippen LogP contribution in [0.5, 0.6) is 11.6 Å². The monoisotopic (exact) mass is 366 g/mol. The number of aromatic nitrogens is 1. The molecule has 0 aliphatic heterocycles. The molecule has 4 aliphatic carbocycles. The Balaban J connectivity index is 1.33. The molecule has 2 aromatic rings. The number of primary amides is 1. The lowest BCUT2D eigenvalue weighted by Gasteiger charge is -2.54. The van der Waals surface area contributed by atoms with E-state index in [9.17, 15) is 9.18 Å².